The van der Waals surface area contributed by atoms with Gasteiger partial charge >= 0.3 is 0 Å². The van der Waals surface area contributed by atoms with E-state index in [4.69, 9.17) is 0 Å². The zero-order chi connectivity index (χ0) is 18.6. The Kier molecular flexibility index (Phi) is 5.40. The van der Waals surface area contributed by atoms with Gasteiger partial charge in [0.1, 0.15) is 0 Å². The van der Waals surface area contributed by atoms with E-state index in [9.17, 15) is 13.0 Å². The molecule has 134 valence electrons. The molecule has 0 fully saturated rings. The van der Waals surface area contributed by atoms with Gasteiger partial charge in [0.05, 0.1) is 4.90 Å². The van der Waals surface area contributed by atoms with Gasteiger partial charge in [0.2, 0.25) is 0 Å². The Labute approximate surface area is 154 Å². The number of hydrogen-bond acceptors (Lipinski definition) is 3. The lowest BCUT2D eigenvalue weighted by atomic mass is 10.1. The van der Waals surface area contributed by atoms with Crippen molar-refractivity contribution in [1.29, 1.82) is 0 Å². The van der Waals surface area contributed by atoms with E-state index in [0.717, 1.165) is 11.3 Å². The summed E-state index contributed by atoms with van der Waals surface area (Å²) in [5, 5.41) is 0. The normalized spacial score (nSPS) is 11.3. The van der Waals surface area contributed by atoms with Gasteiger partial charge in [-0.3, -0.25) is 4.55 Å². The zero-order valence-corrected chi connectivity index (χ0v) is 15.4. The maximum absolute atomic E-state index is 11.4. The summed E-state index contributed by atoms with van der Waals surface area (Å²) in [7, 11) is -4.20. The van der Waals surface area contributed by atoms with Crippen LogP contribution in [0.1, 0.15) is 16.7 Å². The van der Waals surface area contributed by atoms with E-state index in [-0.39, 0.29) is 4.90 Å². The minimum Gasteiger partial charge on any atom is -0.363 e. The van der Waals surface area contributed by atoms with Gasteiger partial charge in [-0.2, -0.15) is 8.42 Å². The number of aryl methyl sites for hydroxylation is 1. The SMILES string of the molecule is Cc1cc(S(=O)(=O)O)ccc1N(Cc1ccccc1)Cc1ccccc1. The van der Waals surface area contributed by atoms with Crippen LogP contribution in [0.3, 0.4) is 0 Å². The molecular formula is C21H21NO3S. The first-order valence-electron chi connectivity index (χ1n) is 8.34. The second-order valence-corrected chi connectivity index (χ2v) is 7.67. The maximum atomic E-state index is 11.4. The van der Waals surface area contributed by atoms with Crippen LogP contribution in [0.5, 0.6) is 0 Å². The van der Waals surface area contributed by atoms with Crippen molar-refractivity contribution in [2.75, 3.05) is 4.90 Å². The lowest BCUT2D eigenvalue weighted by Gasteiger charge is -2.27. The van der Waals surface area contributed by atoms with E-state index in [1.54, 1.807) is 6.07 Å². The van der Waals surface area contributed by atoms with Crippen molar-refractivity contribution < 1.29 is 13.0 Å². The molecule has 26 heavy (non-hydrogen) atoms. The summed E-state index contributed by atoms with van der Waals surface area (Å²) in [6.07, 6.45) is 0. The molecule has 0 radical (unpaired) electrons. The second-order valence-electron chi connectivity index (χ2n) is 6.25. The predicted molar refractivity (Wildman–Crippen MR) is 104 cm³/mol. The molecule has 0 atom stereocenters. The molecule has 0 aliphatic carbocycles. The van der Waals surface area contributed by atoms with E-state index in [2.05, 4.69) is 29.2 Å². The van der Waals surface area contributed by atoms with Gasteiger partial charge in [-0.05, 0) is 41.8 Å². The Morgan fingerprint density at radius 2 is 1.31 bits per heavy atom. The lowest BCUT2D eigenvalue weighted by Crippen LogP contribution is -2.23. The maximum Gasteiger partial charge on any atom is 0.294 e. The summed E-state index contributed by atoms with van der Waals surface area (Å²) in [5.41, 5.74) is 4.07. The van der Waals surface area contributed by atoms with Crippen LogP contribution < -0.4 is 4.90 Å². The van der Waals surface area contributed by atoms with Crippen molar-refractivity contribution in [2.45, 2.75) is 24.9 Å². The van der Waals surface area contributed by atoms with Crippen molar-refractivity contribution in [2.24, 2.45) is 0 Å². The second kappa shape index (κ2) is 7.72. The van der Waals surface area contributed by atoms with Gasteiger partial charge in [-0.1, -0.05) is 60.7 Å². The van der Waals surface area contributed by atoms with Crippen LogP contribution >= 0.6 is 0 Å². The quantitative estimate of drug-likeness (QED) is 0.654. The van der Waals surface area contributed by atoms with Gasteiger partial charge in [0.25, 0.3) is 10.1 Å². The van der Waals surface area contributed by atoms with Crippen LogP contribution in [0.15, 0.2) is 83.8 Å². The predicted octanol–water partition coefficient (Wildman–Crippen LogP) is 4.45. The summed E-state index contributed by atoms with van der Waals surface area (Å²) in [5.74, 6) is 0. The molecular weight excluding hydrogens is 346 g/mol. The monoisotopic (exact) mass is 367 g/mol. The van der Waals surface area contributed by atoms with E-state index in [1.807, 2.05) is 43.3 Å². The Morgan fingerprint density at radius 3 is 1.73 bits per heavy atom. The third kappa shape index (κ3) is 4.50. The number of anilines is 1. The molecule has 0 spiro atoms. The number of rotatable bonds is 6. The van der Waals surface area contributed by atoms with Gasteiger partial charge in [0.15, 0.2) is 0 Å². The average Bonchev–Trinajstić information content (AvgIpc) is 2.62. The summed E-state index contributed by atoms with van der Waals surface area (Å²) < 4.78 is 32.1. The van der Waals surface area contributed by atoms with Crippen molar-refractivity contribution in [3.63, 3.8) is 0 Å². The molecule has 0 amide bonds. The first-order chi connectivity index (χ1) is 12.4. The van der Waals surface area contributed by atoms with Crippen LogP contribution in [0.4, 0.5) is 5.69 Å². The lowest BCUT2D eigenvalue weighted by molar-refractivity contribution is 0.483. The Hall–Kier alpha value is -2.63. The minimum atomic E-state index is -4.20. The molecule has 1 N–H and O–H groups in total. The van der Waals surface area contributed by atoms with E-state index >= 15 is 0 Å². The van der Waals surface area contributed by atoms with Crippen LogP contribution in [-0.2, 0) is 23.2 Å². The van der Waals surface area contributed by atoms with Crippen LogP contribution in [-0.4, -0.2) is 13.0 Å². The van der Waals surface area contributed by atoms with Gasteiger partial charge in [-0.25, -0.2) is 0 Å². The Morgan fingerprint density at radius 1 is 0.808 bits per heavy atom. The fourth-order valence-corrected chi connectivity index (χ4v) is 3.54. The molecule has 3 aromatic rings. The summed E-state index contributed by atoms with van der Waals surface area (Å²) in [6.45, 7) is 3.25. The van der Waals surface area contributed by atoms with Crippen LogP contribution in [0.2, 0.25) is 0 Å². The molecule has 3 rings (SSSR count). The molecule has 3 aromatic carbocycles. The zero-order valence-electron chi connectivity index (χ0n) is 14.5. The van der Waals surface area contributed by atoms with Gasteiger partial charge in [0, 0.05) is 18.8 Å². The highest BCUT2D eigenvalue weighted by molar-refractivity contribution is 7.85. The minimum absolute atomic E-state index is 0.0851. The fourth-order valence-electron chi connectivity index (χ4n) is 2.98. The molecule has 0 aromatic heterocycles. The largest absolute Gasteiger partial charge is 0.363 e. The highest BCUT2D eigenvalue weighted by Gasteiger charge is 2.15. The van der Waals surface area contributed by atoms with Crippen LogP contribution in [0.25, 0.3) is 0 Å². The van der Waals surface area contributed by atoms with Crippen molar-refractivity contribution >= 4 is 15.8 Å². The van der Waals surface area contributed by atoms with Crippen molar-refractivity contribution in [1.82, 2.24) is 0 Å². The number of nitrogens with zero attached hydrogens (tertiary/aromatic N) is 1. The Bertz CT molecular complexity index is 929. The van der Waals surface area contributed by atoms with Gasteiger partial charge in [-0.15, -0.1) is 0 Å². The third-order valence-corrected chi connectivity index (χ3v) is 5.09. The first kappa shape index (κ1) is 18.2. The topological polar surface area (TPSA) is 57.6 Å². The first-order valence-corrected chi connectivity index (χ1v) is 9.78. The summed E-state index contributed by atoms with van der Waals surface area (Å²) >= 11 is 0. The molecule has 0 aliphatic heterocycles. The Balaban J connectivity index is 1.97. The molecule has 0 unspecified atom stereocenters. The molecule has 0 bridgehead atoms. The molecule has 0 saturated heterocycles. The fraction of sp³-hybridized carbons (Fsp3) is 0.143. The molecule has 5 heteroatoms. The smallest absolute Gasteiger partial charge is 0.294 e. The third-order valence-electron chi connectivity index (χ3n) is 4.24. The summed E-state index contributed by atoms with van der Waals surface area (Å²) in [6, 6.07) is 25.0. The highest BCUT2D eigenvalue weighted by Crippen LogP contribution is 2.26. The standard InChI is InChI=1S/C21H21NO3S/c1-17-14-20(26(23,24)25)12-13-21(17)22(15-18-8-4-2-5-9-18)16-19-10-6-3-7-11-19/h2-14H,15-16H2,1H3,(H,23,24,25). The molecule has 0 saturated carbocycles. The van der Waals surface area contributed by atoms with E-state index < -0.39 is 10.1 Å². The molecule has 0 heterocycles. The van der Waals surface area contributed by atoms with E-state index in [0.29, 0.717) is 13.1 Å². The average molecular weight is 367 g/mol. The van der Waals surface area contributed by atoms with E-state index in [1.165, 1.54) is 23.3 Å². The molecule has 4 nitrogen and oxygen atoms in total. The van der Waals surface area contributed by atoms with Crippen molar-refractivity contribution in [3.05, 3.63) is 95.6 Å². The van der Waals surface area contributed by atoms with Crippen LogP contribution in [0, 0.1) is 6.92 Å². The number of benzene rings is 3. The highest BCUT2D eigenvalue weighted by atomic mass is 32.2. The molecule has 0 aliphatic rings. The number of hydrogen-bond donors (Lipinski definition) is 1. The summed E-state index contributed by atoms with van der Waals surface area (Å²) in [4.78, 5) is 2.12. The van der Waals surface area contributed by atoms with Gasteiger partial charge < -0.3 is 4.90 Å². The van der Waals surface area contributed by atoms with Crippen molar-refractivity contribution in [3.8, 4) is 0 Å².